The van der Waals surface area contributed by atoms with Crippen molar-refractivity contribution in [3.8, 4) is 0 Å². The fourth-order valence-electron chi connectivity index (χ4n) is 1.99. The van der Waals surface area contributed by atoms with Gasteiger partial charge in [-0.3, -0.25) is 4.57 Å². The van der Waals surface area contributed by atoms with Crippen LogP contribution in [0.3, 0.4) is 0 Å². The van der Waals surface area contributed by atoms with E-state index >= 15 is 0 Å². The molecule has 1 atom stereocenters. The van der Waals surface area contributed by atoms with Crippen LogP contribution in [0.1, 0.15) is 38.2 Å². The van der Waals surface area contributed by atoms with Crippen LogP contribution in [0, 0.1) is 11.7 Å². The molecule has 1 heterocycles. The molecule has 19 heavy (non-hydrogen) atoms. The van der Waals surface area contributed by atoms with E-state index in [1.54, 1.807) is 22.8 Å². The Bertz CT molecular complexity index is 615. The van der Waals surface area contributed by atoms with Crippen molar-refractivity contribution in [3.63, 3.8) is 0 Å². The van der Waals surface area contributed by atoms with Gasteiger partial charge in [-0.2, -0.15) is 5.10 Å². The molecule has 0 aliphatic rings. The molecule has 0 radical (unpaired) electrons. The van der Waals surface area contributed by atoms with E-state index in [1.165, 1.54) is 6.07 Å². The molecule has 1 aromatic carbocycles. The second-order valence-electron chi connectivity index (χ2n) is 5.07. The number of halogens is 1. The molecule has 0 saturated carbocycles. The lowest BCUT2D eigenvalue weighted by molar-refractivity contribution is 0.389. The van der Waals surface area contributed by atoms with Gasteiger partial charge in [-0.25, -0.2) is 14.3 Å². The van der Waals surface area contributed by atoms with Crippen molar-refractivity contribution in [2.75, 3.05) is 0 Å². The van der Waals surface area contributed by atoms with E-state index in [0.29, 0.717) is 23.7 Å². The van der Waals surface area contributed by atoms with Crippen LogP contribution in [0.25, 0.3) is 0 Å². The average molecular weight is 263 g/mol. The quantitative estimate of drug-likeness (QED) is 0.921. The molecule has 0 fully saturated rings. The zero-order valence-corrected chi connectivity index (χ0v) is 11.4. The lowest BCUT2D eigenvalue weighted by Crippen LogP contribution is -2.25. The largest absolute Gasteiger partial charge is 0.343 e. The Morgan fingerprint density at radius 2 is 2.00 bits per heavy atom. The van der Waals surface area contributed by atoms with Gasteiger partial charge in [0, 0.05) is 12.5 Å². The molecule has 2 aromatic rings. The molecule has 0 aliphatic heterocycles. The normalized spacial score (nSPS) is 12.9. The number of benzene rings is 1. The Morgan fingerprint density at radius 3 is 2.63 bits per heavy atom. The number of nitrogens with zero attached hydrogens (tertiary/aromatic N) is 2. The Hall–Kier alpha value is -1.91. The summed E-state index contributed by atoms with van der Waals surface area (Å²) in [6.45, 7) is 6.04. The van der Waals surface area contributed by atoms with Gasteiger partial charge in [-0.1, -0.05) is 32.0 Å². The van der Waals surface area contributed by atoms with Crippen LogP contribution in [0.4, 0.5) is 4.39 Å². The molecule has 0 spiro atoms. The number of hydrogen-bond acceptors (Lipinski definition) is 2. The van der Waals surface area contributed by atoms with Crippen LogP contribution < -0.4 is 5.69 Å². The molecule has 5 heteroatoms. The van der Waals surface area contributed by atoms with Gasteiger partial charge < -0.3 is 0 Å². The molecule has 1 aromatic heterocycles. The van der Waals surface area contributed by atoms with Crippen molar-refractivity contribution >= 4 is 0 Å². The number of aromatic amines is 1. The lowest BCUT2D eigenvalue weighted by Gasteiger charge is -2.18. The van der Waals surface area contributed by atoms with Gasteiger partial charge in [0.25, 0.3) is 0 Å². The Balaban J connectivity index is 2.37. The van der Waals surface area contributed by atoms with E-state index in [9.17, 15) is 9.18 Å². The second-order valence-corrected chi connectivity index (χ2v) is 5.07. The van der Waals surface area contributed by atoms with Crippen molar-refractivity contribution < 1.29 is 4.39 Å². The van der Waals surface area contributed by atoms with Crippen molar-refractivity contribution in [1.29, 1.82) is 0 Å². The topological polar surface area (TPSA) is 50.7 Å². The predicted molar refractivity (Wildman–Crippen MR) is 71.6 cm³/mol. The summed E-state index contributed by atoms with van der Waals surface area (Å²) in [5, 5.41) is 6.46. The van der Waals surface area contributed by atoms with E-state index in [-0.39, 0.29) is 17.5 Å². The predicted octanol–water partition coefficient (Wildman–Crippen LogP) is 2.52. The van der Waals surface area contributed by atoms with Crippen molar-refractivity contribution in [1.82, 2.24) is 14.8 Å². The van der Waals surface area contributed by atoms with E-state index in [0.717, 1.165) is 0 Å². The fraction of sp³-hybridized carbons (Fsp3) is 0.429. The summed E-state index contributed by atoms with van der Waals surface area (Å²) < 4.78 is 15.3. The smallest absolute Gasteiger partial charge is 0.276 e. The van der Waals surface area contributed by atoms with Gasteiger partial charge >= 0.3 is 5.69 Å². The maximum Gasteiger partial charge on any atom is 0.343 e. The van der Waals surface area contributed by atoms with Crippen LogP contribution in [-0.4, -0.2) is 14.8 Å². The lowest BCUT2D eigenvalue weighted by atomic mass is 10.1. The van der Waals surface area contributed by atoms with Crippen LogP contribution in [0.2, 0.25) is 0 Å². The third-order valence-electron chi connectivity index (χ3n) is 3.46. The Kier molecular flexibility index (Phi) is 3.83. The zero-order valence-electron chi connectivity index (χ0n) is 11.4. The number of H-pyrrole nitrogens is 1. The number of nitrogens with one attached hydrogen (secondary N) is 1. The van der Waals surface area contributed by atoms with E-state index < -0.39 is 0 Å². The summed E-state index contributed by atoms with van der Waals surface area (Å²) in [5.41, 5.74) is 0.297. The maximum absolute atomic E-state index is 13.6. The molecular weight excluding hydrogens is 245 g/mol. The third kappa shape index (κ3) is 2.75. The molecule has 0 unspecified atom stereocenters. The molecule has 102 valence electrons. The van der Waals surface area contributed by atoms with Crippen molar-refractivity contribution in [2.45, 2.75) is 33.2 Å². The van der Waals surface area contributed by atoms with Crippen molar-refractivity contribution in [3.05, 3.63) is 52.0 Å². The van der Waals surface area contributed by atoms with E-state index in [2.05, 4.69) is 10.2 Å². The first-order valence-corrected chi connectivity index (χ1v) is 6.40. The van der Waals surface area contributed by atoms with Crippen molar-refractivity contribution in [2.24, 2.45) is 5.92 Å². The summed E-state index contributed by atoms with van der Waals surface area (Å²) in [7, 11) is 0. The summed E-state index contributed by atoms with van der Waals surface area (Å²) in [6.07, 6.45) is 0.308. The second kappa shape index (κ2) is 5.38. The Labute approximate surface area is 111 Å². The first kappa shape index (κ1) is 13.5. The van der Waals surface area contributed by atoms with E-state index in [1.807, 2.05) is 20.8 Å². The summed E-state index contributed by atoms with van der Waals surface area (Å²) in [6, 6.07) is 6.56. The summed E-state index contributed by atoms with van der Waals surface area (Å²) in [4.78, 5) is 11.8. The van der Waals surface area contributed by atoms with Gasteiger partial charge in [0.2, 0.25) is 0 Å². The zero-order chi connectivity index (χ0) is 14.0. The van der Waals surface area contributed by atoms with Gasteiger partial charge in [-0.05, 0) is 24.5 Å². The highest BCUT2D eigenvalue weighted by atomic mass is 19.1. The Morgan fingerprint density at radius 1 is 1.32 bits per heavy atom. The van der Waals surface area contributed by atoms with Crippen LogP contribution in [-0.2, 0) is 6.42 Å². The highest BCUT2D eigenvalue weighted by molar-refractivity contribution is 5.21. The molecule has 0 aliphatic carbocycles. The first-order valence-electron chi connectivity index (χ1n) is 6.40. The van der Waals surface area contributed by atoms with Crippen LogP contribution >= 0.6 is 0 Å². The monoisotopic (exact) mass is 263 g/mol. The number of aromatic nitrogens is 3. The van der Waals surface area contributed by atoms with Gasteiger partial charge in [0.05, 0.1) is 0 Å². The first-order chi connectivity index (χ1) is 9.00. The van der Waals surface area contributed by atoms with Crippen LogP contribution in [0.5, 0.6) is 0 Å². The van der Waals surface area contributed by atoms with Gasteiger partial charge in [0.15, 0.2) is 0 Å². The molecule has 0 saturated heterocycles. The highest BCUT2D eigenvalue weighted by Crippen LogP contribution is 2.18. The van der Waals surface area contributed by atoms with Crippen LogP contribution in [0.15, 0.2) is 29.1 Å². The minimum absolute atomic E-state index is 0.0213. The SMILES string of the molecule is CC(C)[C@@H](C)n1c(Cc2ccccc2F)n[nH]c1=O. The molecule has 4 nitrogen and oxygen atoms in total. The maximum atomic E-state index is 13.6. The third-order valence-corrected chi connectivity index (χ3v) is 3.46. The molecule has 1 N–H and O–H groups in total. The molecule has 2 rings (SSSR count). The number of hydrogen-bond donors (Lipinski definition) is 1. The molecular formula is C14H18FN3O. The average Bonchev–Trinajstić information content (AvgIpc) is 2.72. The van der Waals surface area contributed by atoms with E-state index in [4.69, 9.17) is 0 Å². The minimum atomic E-state index is -0.276. The highest BCUT2D eigenvalue weighted by Gasteiger charge is 2.18. The number of rotatable bonds is 4. The standard InChI is InChI=1S/C14H18FN3O/c1-9(2)10(3)18-13(16-17-14(18)19)8-11-6-4-5-7-12(11)15/h4-7,9-10H,8H2,1-3H3,(H,17,19)/t10-/m1/s1. The molecule has 0 bridgehead atoms. The van der Waals surface area contributed by atoms with Gasteiger partial charge in [0.1, 0.15) is 11.6 Å². The minimum Gasteiger partial charge on any atom is -0.276 e. The van der Waals surface area contributed by atoms with Gasteiger partial charge in [-0.15, -0.1) is 0 Å². The summed E-state index contributed by atoms with van der Waals surface area (Å²) in [5.74, 6) is 0.590. The fourth-order valence-corrected chi connectivity index (χ4v) is 1.99. The molecule has 0 amide bonds. The summed E-state index contributed by atoms with van der Waals surface area (Å²) >= 11 is 0.